The maximum atomic E-state index is 6.05. The summed E-state index contributed by atoms with van der Waals surface area (Å²) in [5.74, 6) is 0. The van der Waals surface area contributed by atoms with Gasteiger partial charge in [0.25, 0.3) is 0 Å². The lowest BCUT2D eigenvalue weighted by atomic mass is 9.99. The second-order valence-electron chi connectivity index (χ2n) is 5.87. The summed E-state index contributed by atoms with van der Waals surface area (Å²) in [5.41, 5.74) is 7.58. The molecule has 1 aliphatic heterocycles. The molecule has 2 rings (SSSR count). The van der Waals surface area contributed by atoms with Gasteiger partial charge in [-0.05, 0) is 39.7 Å². The maximum Gasteiger partial charge on any atom is 0.0948 e. The van der Waals surface area contributed by atoms with Crippen LogP contribution >= 0.6 is 0 Å². The van der Waals surface area contributed by atoms with Crippen LogP contribution < -0.4 is 5.73 Å². The van der Waals surface area contributed by atoms with E-state index in [-0.39, 0.29) is 5.54 Å². The molecule has 102 valence electrons. The van der Waals surface area contributed by atoms with E-state index in [0.717, 1.165) is 19.5 Å². The lowest BCUT2D eigenvalue weighted by Crippen LogP contribution is -2.44. The van der Waals surface area contributed by atoms with Gasteiger partial charge in [-0.2, -0.15) is 0 Å². The molecule has 0 amide bonds. The monoisotopic (exact) mass is 250 g/mol. The molecule has 18 heavy (non-hydrogen) atoms. The van der Waals surface area contributed by atoms with Gasteiger partial charge in [-0.25, -0.2) is 4.98 Å². The number of aromatic nitrogens is 2. The summed E-state index contributed by atoms with van der Waals surface area (Å²) in [4.78, 5) is 6.86. The Kier molecular flexibility index (Phi) is 4.07. The Morgan fingerprint density at radius 2 is 2.28 bits per heavy atom. The van der Waals surface area contributed by atoms with Gasteiger partial charge in [0.2, 0.25) is 0 Å². The van der Waals surface area contributed by atoms with Crippen LogP contribution in [-0.4, -0.2) is 33.1 Å². The number of rotatable bonds is 5. The fourth-order valence-electron chi connectivity index (χ4n) is 3.15. The number of hydrogen-bond donors (Lipinski definition) is 1. The van der Waals surface area contributed by atoms with Crippen molar-refractivity contribution < 1.29 is 0 Å². The van der Waals surface area contributed by atoms with Crippen molar-refractivity contribution in [1.82, 2.24) is 14.5 Å². The van der Waals surface area contributed by atoms with Gasteiger partial charge in [-0.3, -0.25) is 4.90 Å². The van der Waals surface area contributed by atoms with Crippen LogP contribution in [-0.2, 0) is 6.54 Å². The molecular weight excluding hydrogens is 224 g/mol. The van der Waals surface area contributed by atoms with E-state index in [4.69, 9.17) is 5.73 Å². The Balaban J connectivity index is 2.25. The molecule has 0 bridgehead atoms. The van der Waals surface area contributed by atoms with Crippen molar-refractivity contribution in [2.75, 3.05) is 13.1 Å². The van der Waals surface area contributed by atoms with Crippen molar-refractivity contribution in [3.05, 3.63) is 18.2 Å². The summed E-state index contributed by atoms with van der Waals surface area (Å²) in [6.45, 7) is 9.68. The molecule has 1 fully saturated rings. The van der Waals surface area contributed by atoms with E-state index in [9.17, 15) is 0 Å². The summed E-state index contributed by atoms with van der Waals surface area (Å²) >= 11 is 0. The molecule has 4 nitrogen and oxygen atoms in total. The highest BCUT2D eigenvalue weighted by molar-refractivity contribution is 5.09. The number of likely N-dealkylation sites (tertiary alicyclic amines) is 1. The fraction of sp³-hybridized carbons (Fsp3) is 0.786. The number of imidazole rings is 1. The second kappa shape index (κ2) is 5.41. The van der Waals surface area contributed by atoms with Crippen LogP contribution in [0.3, 0.4) is 0 Å². The highest BCUT2D eigenvalue weighted by Gasteiger charge is 2.37. The number of nitrogens with zero attached hydrogens (tertiary/aromatic N) is 3. The zero-order valence-corrected chi connectivity index (χ0v) is 11.9. The summed E-state index contributed by atoms with van der Waals surface area (Å²) in [7, 11) is 0. The molecule has 1 aliphatic rings. The average Bonchev–Trinajstić information content (AvgIpc) is 2.89. The van der Waals surface area contributed by atoms with Crippen molar-refractivity contribution in [2.45, 2.75) is 58.2 Å². The van der Waals surface area contributed by atoms with Crippen LogP contribution in [0.2, 0.25) is 0 Å². The minimum Gasteiger partial charge on any atom is -0.333 e. The molecule has 1 atom stereocenters. The third-order valence-corrected chi connectivity index (χ3v) is 4.12. The molecular formula is C14H26N4. The van der Waals surface area contributed by atoms with Gasteiger partial charge in [0.15, 0.2) is 0 Å². The SMILES string of the molecule is CCCn1cncc1C(CN)N1CCCC1(C)C. The second-order valence-corrected chi connectivity index (χ2v) is 5.87. The summed E-state index contributed by atoms with van der Waals surface area (Å²) < 4.78 is 2.26. The van der Waals surface area contributed by atoms with Crippen LogP contribution in [0.1, 0.15) is 51.8 Å². The first-order chi connectivity index (χ1) is 8.60. The van der Waals surface area contributed by atoms with Gasteiger partial charge in [0.1, 0.15) is 0 Å². The average molecular weight is 250 g/mol. The first-order valence-electron chi connectivity index (χ1n) is 7.07. The van der Waals surface area contributed by atoms with Crippen LogP contribution in [0.5, 0.6) is 0 Å². The number of aryl methyl sites for hydroxylation is 1. The van der Waals surface area contributed by atoms with Gasteiger partial charge < -0.3 is 10.3 Å². The molecule has 1 aromatic heterocycles. The minimum atomic E-state index is 0.255. The van der Waals surface area contributed by atoms with Gasteiger partial charge in [-0.1, -0.05) is 6.92 Å². The van der Waals surface area contributed by atoms with Gasteiger partial charge in [-0.15, -0.1) is 0 Å². The molecule has 0 spiro atoms. The molecule has 0 radical (unpaired) electrons. The Morgan fingerprint density at radius 3 is 2.83 bits per heavy atom. The molecule has 2 heterocycles. The van der Waals surface area contributed by atoms with E-state index >= 15 is 0 Å². The van der Waals surface area contributed by atoms with Crippen LogP contribution in [0.25, 0.3) is 0 Å². The van der Waals surface area contributed by atoms with Crippen LogP contribution in [0, 0.1) is 0 Å². The molecule has 1 unspecified atom stereocenters. The quantitative estimate of drug-likeness (QED) is 0.871. The van der Waals surface area contributed by atoms with Crippen molar-refractivity contribution in [3.8, 4) is 0 Å². The highest BCUT2D eigenvalue weighted by Crippen LogP contribution is 2.35. The third-order valence-electron chi connectivity index (χ3n) is 4.12. The van der Waals surface area contributed by atoms with Crippen molar-refractivity contribution in [1.29, 1.82) is 0 Å². The first-order valence-corrected chi connectivity index (χ1v) is 7.07. The predicted octanol–water partition coefficient (Wildman–Crippen LogP) is 2.17. The van der Waals surface area contributed by atoms with Crippen molar-refractivity contribution >= 4 is 0 Å². The molecule has 4 heteroatoms. The molecule has 0 aromatic carbocycles. The Labute approximate surface area is 110 Å². The van der Waals surface area contributed by atoms with Gasteiger partial charge >= 0.3 is 0 Å². The molecule has 0 saturated carbocycles. The van der Waals surface area contributed by atoms with E-state index in [2.05, 4.69) is 35.2 Å². The van der Waals surface area contributed by atoms with Gasteiger partial charge in [0, 0.05) is 24.8 Å². The van der Waals surface area contributed by atoms with E-state index in [1.807, 2.05) is 12.5 Å². The Bertz CT molecular complexity index is 383. The van der Waals surface area contributed by atoms with Crippen molar-refractivity contribution in [3.63, 3.8) is 0 Å². The number of nitrogens with two attached hydrogens (primary N) is 1. The predicted molar refractivity (Wildman–Crippen MR) is 74.3 cm³/mol. The van der Waals surface area contributed by atoms with Crippen molar-refractivity contribution in [2.24, 2.45) is 5.73 Å². The first kappa shape index (κ1) is 13.6. The van der Waals surface area contributed by atoms with Gasteiger partial charge in [0.05, 0.1) is 18.1 Å². The lowest BCUT2D eigenvalue weighted by molar-refractivity contribution is 0.114. The summed E-state index contributed by atoms with van der Waals surface area (Å²) in [6, 6.07) is 0.302. The summed E-state index contributed by atoms with van der Waals surface area (Å²) in [6.07, 6.45) is 7.58. The molecule has 0 aliphatic carbocycles. The lowest BCUT2D eigenvalue weighted by Gasteiger charge is -2.38. The highest BCUT2D eigenvalue weighted by atomic mass is 15.3. The smallest absolute Gasteiger partial charge is 0.0948 e. The molecule has 2 N–H and O–H groups in total. The number of hydrogen-bond acceptors (Lipinski definition) is 3. The minimum absolute atomic E-state index is 0.255. The zero-order valence-electron chi connectivity index (χ0n) is 11.9. The Hall–Kier alpha value is -0.870. The summed E-state index contributed by atoms with van der Waals surface area (Å²) in [5, 5.41) is 0. The van der Waals surface area contributed by atoms with Crippen LogP contribution in [0.15, 0.2) is 12.5 Å². The Morgan fingerprint density at radius 1 is 1.50 bits per heavy atom. The van der Waals surface area contributed by atoms with E-state index in [1.165, 1.54) is 18.5 Å². The standard InChI is InChI=1S/C14H26N4/c1-4-7-17-11-16-10-13(17)12(9-15)18-8-5-6-14(18,2)3/h10-12H,4-9,15H2,1-3H3. The normalized spacial score (nSPS) is 21.3. The van der Waals surface area contributed by atoms with E-state index < -0.39 is 0 Å². The topological polar surface area (TPSA) is 47.1 Å². The van der Waals surface area contributed by atoms with Crippen LogP contribution in [0.4, 0.5) is 0 Å². The largest absolute Gasteiger partial charge is 0.333 e. The van der Waals surface area contributed by atoms with E-state index in [0.29, 0.717) is 12.6 Å². The van der Waals surface area contributed by atoms with E-state index in [1.54, 1.807) is 0 Å². The zero-order chi connectivity index (χ0) is 13.2. The third kappa shape index (κ3) is 2.45. The fourth-order valence-corrected chi connectivity index (χ4v) is 3.15. The maximum absolute atomic E-state index is 6.05. The molecule has 1 saturated heterocycles. The molecule has 1 aromatic rings.